The van der Waals surface area contributed by atoms with E-state index in [0.717, 1.165) is 11.3 Å². The summed E-state index contributed by atoms with van der Waals surface area (Å²) in [7, 11) is 1.56. The smallest absolute Gasteiger partial charge is 0.304 e. The second-order valence-electron chi connectivity index (χ2n) is 6.05. The quantitative estimate of drug-likeness (QED) is 0.897. The van der Waals surface area contributed by atoms with Gasteiger partial charge in [0.05, 0.1) is 13.5 Å². The fourth-order valence-corrected chi connectivity index (χ4v) is 3.46. The zero-order valence-electron chi connectivity index (χ0n) is 13.9. The van der Waals surface area contributed by atoms with Crippen molar-refractivity contribution in [1.29, 1.82) is 0 Å². The third kappa shape index (κ3) is 3.20. The van der Waals surface area contributed by atoms with E-state index in [1.807, 2.05) is 13.0 Å². The Balaban J connectivity index is 2.04. The lowest BCUT2D eigenvalue weighted by Gasteiger charge is -2.25. The molecule has 1 heterocycles. The number of hydrogen-bond acceptors (Lipinski definition) is 3. The molecule has 0 saturated heterocycles. The molecule has 0 fully saturated rings. The molecule has 1 amide bonds. The summed E-state index contributed by atoms with van der Waals surface area (Å²) in [6.45, 7) is 1.87. The van der Waals surface area contributed by atoms with Crippen LogP contribution in [0, 0.1) is 0 Å². The van der Waals surface area contributed by atoms with E-state index in [4.69, 9.17) is 16.3 Å². The first-order valence-corrected chi connectivity index (χ1v) is 8.29. The van der Waals surface area contributed by atoms with Gasteiger partial charge in [-0.1, -0.05) is 11.6 Å². The summed E-state index contributed by atoms with van der Waals surface area (Å²) in [6.07, 6.45) is -0.0499. The summed E-state index contributed by atoms with van der Waals surface area (Å²) in [6, 6.07) is 11.8. The topological polar surface area (TPSA) is 66.8 Å². The van der Waals surface area contributed by atoms with Crippen LogP contribution in [0.1, 0.15) is 35.2 Å². The molecule has 2 aromatic rings. The van der Waals surface area contributed by atoms with Gasteiger partial charge in [-0.2, -0.15) is 0 Å². The van der Waals surface area contributed by atoms with Crippen molar-refractivity contribution >= 4 is 29.2 Å². The van der Waals surface area contributed by atoms with Crippen LogP contribution < -0.4 is 9.64 Å². The van der Waals surface area contributed by atoms with Gasteiger partial charge in [-0.25, -0.2) is 0 Å². The number of benzene rings is 2. The maximum Gasteiger partial charge on any atom is 0.304 e. The molecule has 0 bridgehead atoms. The van der Waals surface area contributed by atoms with Gasteiger partial charge >= 0.3 is 5.97 Å². The largest absolute Gasteiger partial charge is 0.497 e. The highest BCUT2D eigenvalue weighted by Gasteiger charge is 2.40. The fourth-order valence-electron chi connectivity index (χ4n) is 3.33. The normalized spacial score (nSPS) is 18.8. The molecular formula is C19H18ClNO4. The molecule has 25 heavy (non-hydrogen) atoms. The predicted molar refractivity (Wildman–Crippen MR) is 95.7 cm³/mol. The second kappa shape index (κ2) is 6.76. The van der Waals surface area contributed by atoms with Crippen molar-refractivity contribution in [1.82, 2.24) is 0 Å². The molecule has 2 atom stereocenters. The number of anilines is 1. The van der Waals surface area contributed by atoms with Crippen LogP contribution in [0.15, 0.2) is 42.5 Å². The Kier molecular flexibility index (Phi) is 4.68. The van der Waals surface area contributed by atoms with E-state index in [-0.39, 0.29) is 24.3 Å². The van der Waals surface area contributed by atoms with E-state index in [1.54, 1.807) is 48.4 Å². The minimum atomic E-state index is -0.897. The maximum absolute atomic E-state index is 13.0. The molecule has 1 aliphatic rings. The van der Waals surface area contributed by atoms with E-state index in [9.17, 15) is 14.7 Å². The Morgan fingerprint density at radius 3 is 2.48 bits per heavy atom. The van der Waals surface area contributed by atoms with E-state index in [2.05, 4.69) is 0 Å². The van der Waals surface area contributed by atoms with Crippen LogP contribution in [0.2, 0.25) is 5.02 Å². The first kappa shape index (κ1) is 17.3. The Labute approximate surface area is 150 Å². The number of carboxylic acid groups (broad SMARTS) is 1. The van der Waals surface area contributed by atoms with Crippen LogP contribution in [0.25, 0.3) is 0 Å². The first-order chi connectivity index (χ1) is 11.9. The molecule has 0 spiro atoms. The highest BCUT2D eigenvalue weighted by molar-refractivity contribution is 6.30. The van der Waals surface area contributed by atoms with E-state index < -0.39 is 5.97 Å². The number of halogens is 1. The average Bonchev–Trinajstić information content (AvgIpc) is 2.86. The molecule has 6 heteroatoms. The van der Waals surface area contributed by atoms with Crippen LogP contribution in [0.4, 0.5) is 5.69 Å². The molecule has 2 unspecified atom stereocenters. The van der Waals surface area contributed by atoms with Crippen molar-refractivity contribution in [2.75, 3.05) is 12.0 Å². The average molecular weight is 360 g/mol. The van der Waals surface area contributed by atoms with Crippen molar-refractivity contribution in [2.24, 2.45) is 0 Å². The van der Waals surface area contributed by atoms with Gasteiger partial charge in [-0.05, 0) is 55.0 Å². The summed E-state index contributed by atoms with van der Waals surface area (Å²) >= 11 is 5.90. The van der Waals surface area contributed by atoms with Gasteiger partial charge in [0.15, 0.2) is 0 Å². The van der Waals surface area contributed by atoms with Crippen LogP contribution >= 0.6 is 11.6 Å². The Bertz CT molecular complexity index is 819. The van der Waals surface area contributed by atoms with Crippen molar-refractivity contribution in [3.63, 3.8) is 0 Å². The molecule has 5 nitrogen and oxygen atoms in total. The number of aliphatic carboxylic acids is 1. The van der Waals surface area contributed by atoms with Crippen molar-refractivity contribution in [3.8, 4) is 5.75 Å². The van der Waals surface area contributed by atoms with E-state index >= 15 is 0 Å². The van der Waals surface area contributed by atoms with Crippen LogP contribution in [-0.2, 0) is 4.79 Å². The van der Waals surface area contributed by atoms with Gasteiger partial charge in [0.1, 0.15) is 5.75 Å². The molecule has 1 aliphatic heterocycles. The predicted octanol–water partition coefficient (Wildman–Crippen LogP) is 3.96. The van der Waals surface area contributed by atoms with Crippen LogP contribution in [0.3, 0.4) is 0 Å². The number of carbonyl (C=O) groups is 2. The lowest BCUT2D eigenvalue weighted by molar-refractivity contribution is -0.137. The van der Waals surface area contributed by atoms with Crippen molar-refractivity contribution in [2.45, 2.75) is 25.3 Å². The summed E-state index contributed by atoms with van der Waals surface area (Å²) in [5.74, 6) is -0.726. The Morgan fingerprint density at radius 1 is 1.20 bits per heavy atom. The first-order valence-electron chi connectivity index (χ1n) is 7.91. The number of amides is 1. The molecule has 130 valence electrons. The van der Waals surface area contributed by atoms with Gasteiger partial charge in [-0.3, -0.25) is 9.59 Å². The number of methoxy groups -OCH3 is 1. The zero-order valence-corrected chi connectivity index (χ0v) is 14.7. The highest BCUT2D eigenvalue weighted by Crippen LogP contribution is 2.45. The van der Waals surface area contributed by atoms with Crippen LogP contribution in [-0.4, -0.2) is 30.1 Å². The monoisotopic (exact) mass is 359 g/mol. The maximum atomic E-state index is 13.0. The summed E-state index contributed by atoms with van der Waals surface area (Å²) in [5, 5.41) is 9.82. The lowest BCUT2D eigenvalue weighted by Crippen LogP contribution is -2.37. The number of hydrogen-bond donors (Lipinski definition) is 1. The number of fused-ring (bicyclic) bond motifs is 1. The molecule has 3 rings (SSSR count). The summed E-state index contributed by atoms with van der Waals surface area (Å²) in [4.78, 5) is 26.0. The number of nitrogens with zero attached hydrogens (tertiary/aromatic N) is 1. The molecule has 0 radical (unpaired) electrons. The minimum Gasteiger partial charge on any atom is -0.497 e. The summed E-state index contributed by atoms with van der Waals surface area (Å²) < 4.78 is 5.26. The van der Waals surface area contributed by atoms with Gasteiger partial charge in [-0.15, -0.1) is 0 Å². The number of ether oxygens (including phenoxy) is 1. The third-order valence-electron chi connectivity index (χ3n) is 4.59. The number of carboxylic acids is 1. The van der Waals surface area contributed by atoms with Gasteiger partial charge in [0, 0.05) is 28.2 Å². The van der Waals surface area contributed by atoms with Crippen molar-refractivity contribution < 1.29 is 19.4 Å². The fraction of sp³-hybridized carbons (Fsp3) is 0.263. The zero-order chi connectivity index (χ0) is 18.1. The number of carbonyl (C=O) groups excluding carboxylic acids is 1. The third-order valence-corrected chi connectivity index (χ3v) is 4.84. The Hall–Kier alpha value is -2.53. The standard InChI is InChI=1S/C19H18ClNO4/c1-11-15(10-18(22)23)16-9-14(25-2)7-8-17(16)21(11)19(24)12-3-5-13(20)6-4-12/h3-9,11,15H,10H2,1-2H3,(H,22,23). The number of rotatable bonds is 4. The molecular weight excluding hydrogens is 342 g/mol. The van der Waals surface area contributed by atoms with Gasteiger partial charge in [0.25, 0.3) is 5.91 Å². The van der Waals surface area contributed by atoms with Crippen molar-refractivity contribution in [3.05, 3.63) is 58.6 Å². The van der Waals surface area contributed by atoms with Crippen LogP contribution in [0.5, 0.6) is 5.75 Å². The van der Waals surface area contributed by atoms with Gasteiger partial charge in [0.2, 0.25) is 0 Å². The highest BCUT2D eigenvalue weighted by atomic mass is 35.5. The molecule has 0 aromatic heterocycles. The molecule has 0 aliphatic carbocycles. The Morgan fingerprint density at radius 2 is 1.88 bits per heavy atom. The van der Waals surface area contributed by atoms with E-state index in [1.165, 1.54) is 0 Å². The molecule has 1 N–H and O–H groups in total. The van der Waals surface area contributed by atoms with Gasteiger partial charge < -0.3 is 14.7 Å². The minimum absolute atomic E-state index is 0.0499. The molecule has 0 saturated carbocycles. The summed E-state index contributed by atoms with van der Waals surface area (Å²) in [5.41, 5.74) is 2.05. The SMILES string of the molecule is COc1ccc2c(c1)C(CC(=O)O)C(C)N2C(=O)c1ccc(Cl)cc1. The lowest BCUT2D eigenvalue weighted by atomic mass is 9.92. The van der Waals surface area contributed by atoms with E-state index in [0.29, 0.717) is 16.3 Å². The second-order valence-corrected chi connectivity index (χ2v) is 6.49. The molecule has 2 aromatic carbocycles.